The molecular weight excluding hydrogens is 182 g/mol. The van der Waals surface area contributed by atoms with Gasteiger partial charge >= 0.3 is 0 Å². The third-order valence-electron chi connectivity index (χ3n) is 4.19. The molecule has 2 fully saturated rings. The number of benzene rings is 1. The molecule has 1 aromatic rings. The summed E-state index contributed by atoms with van der Waals surface area (Å²) >= 11 is 0. The molecule has 1 N–H and O–H groups in total. The normalized spacial score (nSPS) is 28.7. The summed E-state index contributed by atoms with van der Waals surface area (Å²) in [6.45, 7) is 1.18. The van der Waals surface area contributed by atoms with Gasteiger partial charge in [-0.05, 0) is 30.7 Å². The van der Waals surface area contributed by atoms with Crippen LogP contribution in [0.15, 0.2) is 30.3 Å². The maximum absolute atomic E-state index is 3.78. The van der Waals surface area contributed by atoms with Gasteiger partial charge in [-0.25, -0.2) is 0 Å². The summed E-state index contributed by atoms with van der Waals surface area (Å²) in [6, 6.07) is 11.0. The van der Waals surface area contributed by atoms with Gasteiger partial charge in [0.2, 0.25) is 0 Å². The Bertz CT molecular complexity index is 324. The zero-order valence-corrected chi connectivity index (χ0v) is 9.21. The molecule has 1 saturated heterocycles. The molecule has 0 radical (unpaired) electrons. The topological polar surface area (TPSA) is 12.0 Å². The number of rotatable bonds is 1. The molecule has 80 valence electrons. The standard InChI is InChI=1S/C14H19N/c1-2-6-12(7-3-1)13-10-14(15-11-13)8-4-5-9-14/h1-3,6-7,13,15H,4-5,8-11H2/t13-/m1/s1. The van der Waals surface area contributed by atoms with E-state index in [1.807, 2.05) is 0 Å². The zero-order chi connectivity index (χ0) is 10.1. The minimum Gasteiger partial charge on any atom is -0.311 e. The van der Waals surface area contributed by atoms with Crippen molar-refractivity contribution in [3.05, 3.63) is 35.9 Å². The fourth-order valence-corrected chi connectivity index (χ4v) is 3.35. The van der Waals surface area contributed by atoms with Gasteiger partial charge in [-0.3, -0.25) is 0 Å². The SMILES string of the molecule is c1ccc([C@H]2CNC3(CCCC3)C2)cc1. The summed E-state index contributed by atoms with van der Waals surface area (Å²) in [5.74, 6) is 0.754. The van der Waals surface area contributed by atoms with E-state index in [2.05, 4.69) is 35.6 Å². The summed E-state index contributed by atoms with van der Waals surface area (Å²) in [7, 11) is 0. The van der Waals surface area contributed by atoms with E-state index in [1.54, 1.807) is 0 Å². The lowest BCUT2D eigenvalue weighted by atomic mass is 9.88. The Morgan fingerprint density at radius 2 is 1.80 bits per heavy atom. The molecule has 0 amide bonds. The van der Waals surface area contributed by atoms with Crippen LogP contribution in [0, 0.1) is 0 Å². The Kier molecular flexibility index (Phi) is 2.28. The fraction of sp³-hybridized carbons (Fsp3) is 0.571. The van der Waals surface area contributed by atoms with Crippen molar-refractivity contribution in [1.82, 2.24) is 5.32 Å². The Hall–Kier alpha value is -0.820. The molecule has 1 heterocycles. The maximum Gasteiger partial charge on any atom is 0.0188 e. The smallest absolute Gasteiger partial charge is 0.0188 e. The molecule has 1 aliphatic heterocycles. The molecular formula is C14H19N. The molecule has 1 saturated carbocycles. The highest BCUT2D eigenvalue weighted by Crippen LogP contribution is 2.41. The largest absolute Gasteiger partial charge is 0.311 e. The third-order valence-corrected chi connectivity index (χ3v) is 4.19. The van der Waals surface area contributed by atoms with Crippen LogP contribution in [0.3, 0.4) is 0 Å². The highest BCUT2D eigenvalue weighted by atomic mass is 15.0. The van der Waals surface area contributed by atoms with Crippen LogP contribution >= 0.6 is 0 Å². The summed E-state index contributed by atoms with van der Waals surface area (Å²) in [6.07, 6.45) is 7.01. The van der Waals surface area contributed by atoms with E-state index < -0.39 is 0 Å². The van der Waals surface area contributed by atoms with E-state index in [1.165, 1.54) is 44.2 Å². The first-order chi connectivity index (χ1) is 7.38. The van der Waals surface area contributed by atoms with Crippen LogP contribution in [0.1, 0.15) is 43.6 Å². The lowest BCUT2D eigenvalue weighted by Gasteiger charge is -2.23. The van der Waals surface area contributed by atoms with E-state index in [4.69, 9.17) is 0 Å². The average Bonchev–Trinajstić information content (AvgIpc) is 2.91. The fourth-order valence-electron chi connectivity index (χ4n) is 3.35. The minimum atomic E-state index is 0.514. The second-order valence-electron chi connectivity index (χ2n) is 5.18. The van der Waals surface area contributed by atoms with Crippen molar-refractivity contribution >= 4 is 0 Å². The van der Waals surface area contributed by atoms with Crippen molar-refractivity contribution in [2.45, 2.75) is 43.6 Å². The lowest BCUT2D eigenvalue weighted by molar-refractivity contribution is 0.384. The van der Waals surface area contributed by atoms with Gasteiger partial charge in [-0.15, -0.1) is 0 Å². The third kappa shape index (κ3) is 1.69. The molecule has 1 spiro atoms. The Morgan fingerprint density at radius 3 is 2.53 bits per heavy atom. The quantitative estimate of drug-likeness (QED) is 0.736. The van der Waals surface area contributed by atoms with Gasteiger partial charge in [-0.2, -0.15) is 0 Å². The predicted molar refractivity (Wildman–Crippen MR) is 63.0 cm³/mol. The average molecular weight is 201 g/mol. The molecule has 1 atom stereocenters. The highest BCUT2D eigenvalue weighted by Gasteiger charge is 2.40. The van der Waals surface area contributed by atoms with Gasteiger partial charge in [0, 0.05) is 12.1 Å². The molecule has 15 heavy (non-hydrogen) atoms. The first-order valence-corrected chi connectivity index (χ1v) is 6.18. The summed E-state index contributed by atoms with van der Waals surface area (Å²) < 4.78 is 0. The highest BCUT2D eigenvalue weighted by molar-refractivity contribution is 5.23. The van der Waals surface area contributed by atoms with E-state index in [0.29, 0.717) is 5.54 Å². The van der Waals surface area contributed by atoms with Gasteiger partial charge in [-0.1, -0.05) is 43.2 Å². The predicted octanol–water partition coefficient (Wildman–Crippen LogP) is 3.08. The summed E-state index contributed by atoms with van der Waals surface area (Å²) in [5, 5.41) is 3.78. The molecule has 3 rings (SSSR count). The van der Waals surface area contributed by atoms with Crippen LogP contribution in [0.5, 0.6) is 0 Å². The molecule has 0 unspecified atom stereocenters. The van der Waals surface area contributed by atoms with E-state index in [-0.39, 0.29) is 0 Å². The summed E-state index contributed by atoms with van der Waals surface area (Å²) in [4.78, 5) is 0. The molecule has 1 aliphatic carbocycles. The maximum atomic E-state index is 3.78. The monoisotopic (exact) mass is 201 g/mol. The van der Waals surface area contributed by atoms with Crippen LogP contribution in [0.4, 0.5) is 0 Å². The van der Waals surface area contributed by atoms with Crippen molar-refractivity contribution < 1.29 is 0 Å². The van der Waals surface area contributed by atoms with Crippen LogP contribution in [0.25, 0.3) is 0 Å². The van der Waals surface area contributed by atoms with Gasteiger partial charge < -0.3 is 5.32 Å². The molecule has 1 heteroatoms. The van der Waals surface area contributed by atoms with Crippen molar-refractivity contribution in [2.75, 3.05) is 6.54 Å². The van der Waals surface area contributed by atoms with Crippen LogP contribution in [-0.2, 0) is 0 Å². The number of nitrogens with one attached hydrogen (secondary N) is 1. The molecule has 1 aromatic carbocycles. The first-order valence-electron chi connectivity index (χ1n) is 6.18. The first kappa shape index (κ1) is 9.41. The summed E-state index contributed by atoms with van der Waals surface area (Å²) in [5.41, 5.74) is 2.04. The van der Waals surface area contributed by atoms with E-state index >= 15 is 0 Å². The molecule has 0 bridgehead atoms. The van der Waals surface area contributed by atoms with Crippen LogP contribution < -0.4 is 5.32 Å². The number of hydrogen-bond donors (Lipinski definition) is 1. The van der Waals surface area contributed by atoms with Crippen molar-refractivity contribution in [2.24, 2.45) is 0 Å². The van der Waals surface area contributed by atoms with Gasteiger partial charge in [0.1, 0.15) is 0 Å². The minimum absolute atomic E-state index is 0.514. The van der Waals surface area contributed by atoms with Gasteiger partial charge in [0.25, 0.3) is 0 Å². The van der Waals surface area contributed by atoms with Crippen LogP contribution in [-0.4, -0.2) is 12.1 Å². The molecule has 2 aliphatic rings. The number of hydrogen-bond acceptors (Lipinski definition) is 1. The van der Waals surface area contributed by atoms with Crippen molar-refractivity contribution in [3.63, 3.8) is 0 Å². The zero-order valence-electron chi connectivity index (χ0n) is 9.21. The van der Waals surface area contributed by atoms with E-state index in [0.717, 1.165) is 5.92 Å². The van der Waals surface area contributed by atoms with Crippen molar-refractivity contribution in [3.8, 4) is 0 Å². The van der Waals surface area contributed by atoms with Gasteiger partial charge in [0.05, 0.1) is 0 Å². The van der Waals surface area contributed by atoms with Crippen LogP contribution in [0.2, 0.25) is 0 Å². The second-order valence-corrected chi connectivity index (χ2v) is 5.18. The molecule has 1 nitrogen and oxygen atoms in total. The van der Waals surface area contributed by atoms with Crippen molar-refractivity contribution in [1.29, 1.82) is 0 Å². The lowest BCUT2D eigenvalue weighted by Crippen LogP contribution is -2.35. The van der Waals surface area contributed by atoms with E-state index in [9.17, 15) is 0 Å². The Balaban J connectivity index is 1.76. The Labute approximate surface area is 91.9 Å². The second kappa shape index (κ2) is 3.64. The van der Waals surface area contributed by atoms with Gasteiger partial charge in [0.15, 0.2) is 0 Å². The molecule has 0 aromatic heterocycles. The Morgan fingerprint density at radius 1 is 1.07 bits per heavy atom.